The van der Waals surface area contributed by atoms with Gasteiger partial charge in [-0.15, -0.1) is 0 Å². The van der Waals surface area contributed by atoms with Gasteiger partial charge >= 0.3 is 5.97 Å². The lowest BCUT2D eigenvalue weighted by Crippen LogP contribution is -2.53. The first kappa shape index (κ1) is 17.9. The second kappa shape index (κ2) is 6.75. The van der Waals surface area contributed by atoms with E-state index in [0.29, 0.717) is 44.1 Å². The van der Waals surface area contributed by atoms with Crippen molar-refractivity contribution in [3.8, 4) is 0 Å². The van der Waals surface area contributed by atoms with Gasteiger partial charge in [0, 0.05) is 18.4 Å². The number of rotatable bonds is 6. The molecule has 1 aromatic carbocycles. The fraction of sp³-hybridized carbons (Fsp3) is 0.579. The van der Waals surface area contributed by atoms with Crippen molar-refractivity contribution in [1.29, 1.82) is 0 Å². The van der Waals surface area contributed by atoms with Gasteiger partial charge in [0.05, 0.1) is 11.5 Å². The van der Waals surface area contributed by atoms with Crippen LogP contribution < -0.4 is 5.32 Å². The molecule has 0 radical (unpaired) electrons. The molecule has 1 aromatic rings. The molecular weight excluding hydrogens is 325 g/mol. The largest absolute Gasteiger partial charge is 0.481 e. The maximum absolute atomic E-state index is 13.2. The average Bonchev–Trinajstić information content (AvgIpc) is 2.61. The van der Waals surface area contributed by atoms with Gasteiger partial charge < -0.3 is 15.5 Å². The maximum atomic E-state index is 13.2. The van der Waals surface area contributed by atoms with E-state index in [2.05, 4.69) is 5.32 Å². The summed E-state index contributed by atoms with van der Waals surface area (Å²) in [6.45, 7) is 0.112. The first-order valence-corrected chi connectivity index (χ1v) is 8.80. The van der Waals surface area contributed by atoms with E-state index in [9.17, 15) is 24.2 Å². The van der Waals surface area contributed by atoms with Gasteiger partial charge in [0.25, 0.3) is 0 Å². The van der Waals surface area contributed by atoms with E-state index in [4.69, 9.17) is 0 Å². The molecule has 25 heavy (non-hydrogen) atoms. The van der Waals surface area contributed by atoms with Crippen LogP contribution in [0.5, 0.6) is 0 Å². The number of benzene rings is 1. The van der Waals surface area contributed by atoms with Gasteiger partial charge in [-0.3, -0.25) is 9.59 Å². The summed E-state index contributed by atoms with van der Waals surface area (Å²) in [4.78, 5) is 24.1. The molecule has 3 aliphatic rings. The number of aliphatic hydroxyl groups excluding tert-OH is 1. The van der Waals surface area contributed by atoms with E-state index in [0.717, 1.165) is 0 Å². The fourth-order valence-corrected chi connectivity index (χ4v) is 4.25. The molecule has 4 rings (SSSR count). The Hall–Kier alpha value is -1.95. The normalized spacial score (nSPS) is 29.2. The highest BCUT2D eigenvalue weighted by Crippen LogP contribution is 2.57. The van der Waals surface area contributed by atoms with Crippen molar-refractivity contribution >= 4 is 11.9 Å². The first-order chi connectivity index (χ1) is 11.9. The first-order valence-electron chi connectivity index (χ1n) is 8.80. The number of aliphatic carboxylic acids is 1. The lowest BCUT2D eigenvalue weighted by molar-refractivity contribution is -0.163. The lowest BCUT2D eigenvalue weighted by Gasteiger charge is -2.50. The third-order valence-electron chi connectivity index (χ3n) is 6.04. The van der Waals surface area contributed by atoms with E-state index < -0.39 is 22.9 Å². The predicted molar refractivity (Wildman–Crippen MR) is 89.3 cm³/mol. The van der Waals surface area contributed by atoms with Crippen LogP contribution in [0.4, 0.5) is 4.39 Å². The number of carbonyl (C=O) groups excluding carboxylic acids is 1. The predicted octanol–water partition coefficient (Wildman–Crippen LogP) is 2.27. The van der Waals surface area contributed by atoms with Gasteiger partial charge in [-0.2, -0.15) is 0 Å². The molecule has 3 N–H and O–H groups in total. The minimum atomic E-state index is -0.785. The third-order valence-corrected chi connectivity index (χ3v) is 6.04. The van der Waals surface area contributed by atoms with E-state index in [1.807, 2.05) is 0 Å². The second-order valence-corrected chi connectivity index (χ2v) is 7.56. The zero-order chi connectivity index (χ0) is 18.1. The van der Waals surface area contributed by atoms with Gasteiger partial charge in [-0.05, 0) is 56.2 Å². The molecular formula is C19H24FNO4. The monoisotopic (exact) mass is 349 g/mol. The summed E-state index contributed by atoms with van der Waals surface area (Å²) in [7, 11) is 0. The van der Waals surface area contributed by atoms with E-state index >= 15 is 0 Å². The Morgan fingerprint density at radius 2 is 1.72 bits per heavy atom. The number of amides is 1. The molecule has 0 heterocycles. The van der Waals surface area contributed by atoms with Crippen LogP contribution in [0.25, 0.3) is 0 Å². The maximum Gasteiger partial charge on any atom is 0.309 e. The molecule has 0 aromatic heterocycles. The van der Waals surface area contributed by atoms with Crippen LogP contribution in [-0.2, 0) is 16.0 Å². The van der Waals surface area contributed by atoms with Gasteiger partial charge in [-0.25, -0.2) is 4.39 Å². The molecule has 3 aliphatic carbocycles. The summed E-state index contributed by atoms with van der Waals surface area (Å²) in [5.41, 5.74) is -0.448. The number of fused-ring (bicyclic) bond motifs is 3. The standard InChI is InChI=1S/C19H24FNO4/c20-14-3-1-2-13(10-14)11-15(22)12-21-16(23)18-4-7-19(8-5-18,9-6-18)17(24)25/h1-3,10,15,22H,4-9,11-12H2,(H,21,23)(H,24,25). The summed E-state index contributed by atoms with van der Waals surface area (Å²) in [6, 6.07) is 6.05. The molecule has 6 heteroatoms. The number of nitrogens with one attached hydrogen (secondary N) is 1. The van der Waals surface area contributed by atoms with Crippen molar-refractivity contribution in [3.63, 3.8) is 0 Å². The van der Waals surface area contributed by atoms with E-state index in [1.165, 1.54) is 12.1 Å². The number of carboxylic acid groups (broad SMARTS) is 1. The number of carboxylic acids is 1. The summed E-state index contributed by atoms with van der Waals surface area (Å²) >= 11 is 0. The van der Waals surface area contributed by atoms with Crippen LogP contribution in [0.3, 0.4) is 0 Å². The number of hydrogen-bond acceptors (Lipinski definition) is 3. The third kappa shape index (κ3) is 3.54. The van der Waals surface area contributed by atoms with E-state index in [1.54, 1.807) is 12.1 Å². The van der Waals surface area contributed by atoms with Gasteiger partial charge in [0.1, 0.15) is 5.82 Å². The van der Waals surface area contributed by atoms with Crippen molar-refractivity contribution in [2.24, 2.45) is 10.8 Å². The average molecular weight is 349 g/mol. The van der Waals surface area contributed by atoms with Crippen LogP contribution in [0, 0.1) is 16.6 Å². The topological polar surface area (TPSA) is 86.6 Å². The van der Waals surface area contributed by atoms with Crippen LogP contribution >= 0.6 is 0 Å². The summed E-state index contributed by atoms with van der Waals surface area (Å²) in [5.74, 6) is -1.19. The Kier molecular flexibility index (Phi) is 4.82. The summed E-state index contributed by atoms with van der Waals surface area (Å²) in [5, 5.41) is 22.3. The number of hydrogen-bond donors (Lipinski definition) is 3. The van der Waals surface area contributed by atoms with Gasteiger partial charge in [0.15, 0.2) is 0 Å². The Morgan fingerprint density at radius 1 is 1.12 bits per heavy atom. The minimum Gasteiger partial charge on any atom is -0.481 e. The number of carbonyl (C=O) groups is 2. The molecule has 136 valence electrons. The van der Waals surface area contributed by atoms with Crippen molar-refractivity contribution < 1.29 is 24.2 Å². The smallest absolute Gasteiger partial charge is 0.309 e. The Morgan fingerprint density at radius 3 is 2.28 bits per heavy atom. The van der Waals surface area contributed by atoms with Crippen LogP contribution in [-0.4, -0.2) is 34.7 Å². The zero-order valence-corrected chi connectivity index (χ0v) is 14.1. The quantitative estimate of drug-likeness (QED) is 0.735. The Bertz CT molecular complexity index is 651. The molecule has 1 atom stereocenters. The Labute approximate surface area is 146 Å². The molecule has 3 fully saturated rings. The molecule has 5 nitrogen and oxygen atoms in total. The molecule has 3 saturated carbocycles. The zero-order valence-electron chi connectivity index (χ0n) is 14.1. The van der Waals surface area contributed by atoms with Crippen molar-refractivity contribution in [2.75, 3.05) is 6.54 Å². The van der Waals surface area contributed by atoms with Crippen LogP contribution in [0.15, 0.2) is 24.3 Å². The number of halogens is 1. The molecule has 2 bridgehead atoms. The Balaban J connectivity index is 1.52. The van der Waals surface area contributed by atoms with Crippen LogP contribution in [0.2, 0.25) is 0 Å². The molecule has 0 saturated heterocycles. The van der Waals surface area contributed by atoms with Crippen molar-refractivity contribution in [2.45, 2.75) is 51.0 Å². The van der Waals surface area contributed by atoms with Crippen molar-refractivity contribution in [1.82, 2.24) is 5.32 Å². The molecule has 0 spiro atoms. The van der Waals surface area contributed by atoms with Crippen LogP contribution in [0.1, 0.15) is 44.1 Å². The van der Waals surface area contributed by atoms with Crippen molar-refractivity contribution in [3.05, 3.63) is 35.6 Å². The lowest BCUT2D eigenvalue weighted by atomic mass is 9.53. The molecule has 0 aliphatic heterocycles. The highest BCUT2D eigenvalue weighted by molar-refractivity contribution is 5.84. The SMILES string of the molecule is O=C(O)C12CCC(C(=O)NCC(O)Cc3cccc(F)c3)(CC1)CC2. The number of aliphatic hydroxyl groups is 1. The van der Waals surface area contributed by atoms with Gasteiger partial charge in [0.2, 0.25) is 5.91 Å². The fourth-order valence-electron chi connectivity index (χ4n) is 4.25. The highest BCUT2D eigenvalue weighted by Gasteiger charge is 2.55. The summed E-state index contributed by atoms with van der Waals surface area (Å²) < 4.78 is 13.2. The second-order valence-electron chi connectivity index (χ2n) is 7.56. The molecule has 1 amide bonds. The highest BCUT2D eigenvalue weighted by atomic mass is 19.1. The summed E-state index contributed by atoms with van der Waals surface area (Å²) in [6.07, 6.45) is 2.88. The molecule has 1 unspecified atom stereocenters. The van der Waals surface area contributed by atoms with Gasteiger partial charge in [-0.1, -0.05) is 12.1 Å². The van der Waals surface area contributed by atoms with E-state index in [-0.39, 0.29) is 24.7 Å². The minimum absolute atomic E-state index is 0.0931.